The zero-order valence-corrected chi connectivity index (χ0v) is 25.1. The minimum absolute atomic E-state index is 0.247. The van der Waals surface area contributed by atoms with Crippen LogP contribution in [-0.2, 0) is 20.9 Å². The van der Waals surface area contributed by atoms with E-state index < -0.39 is 11.0 Å². The van der Waals surface area contributed by atoms with E-state index in [1.54, 1.807) is 52.3 Å². The van der Waals surface area contributed by atoms with Gasteiger partial charge in [0.05, 0.1) is 18.0 Å². The molecule has 40 heavy (non-hydrogen) atoms. The fourth-order valence-electron chi connectivity index (χ4n) is 4.51. The van der Waals surface area contributed by atoms with Crippen LogP contribution in [0.5, 0.6) is 5.75 Å². The van der Waals surface area contributed by atoms with Crippen molar-refractivity contribution in [1.82, 2.24) is 14.8 Å². The van der Waals surface area contributed by atoms with Crippen LogP contribution in [0.3, 0.4) is 0 Å². The average Bonchev–Trinajstić information content (AvgIpc) is 2.94. The molecule has 1 aliphatic rings. The molecule has 10 nitrogen and oxygen atoms in total. The first-order chi connectivity index (χ1) is 18.7. The highest BCUT2D eigenvalue weighted by molar-refractivity contribution is 6.19. The van der Waals surface area contributed by atoms with Crippen LogP contribution in [0.25, 0.3) is 0 Å². The molecule has 0 N–H and O–H groups in total. The fraction of sp³-hybridized carbons (Fsp3) is 0.533. The number of ether oxygens (including phenoxy) is 2. The third kappa shape index (κ3) is 7.71. The lowest BCUT2D eigenvalue weighted by atomic mass is 9.90. The van der Waals surface area contributed by atoms with Crippen LogP contribution in [0, 0.1) is 5.41 Å². The molecule has 1 aromatic heterocycles. The van der Waals surface area contributed by atoms with Crippen molar-refractivity contribution >= 4 is 29.3 Å². The first kappa shape index (κ1) is 30.9. The molecule has 0 radical (unpaired) electrons. The normalized spacial score (nSPS) is 15.1. The Morgan fingerprint density at radius 3 is 2.20 bits per heavy atom. The maximum absolute atomic E-state index is 13.0. The second-order valence-electron chi connectivity index (χ2n) is 11.7. The van der Waals surface area contributed by atoms with Crippen molar-refractivity contribution in [3.63, 3.8) is 0 Å². The molecular weight excluding hydrogens is 510 g/mol. The predicted octanol–water partition coefficient (Wildman–Crippen LogP) is 4.19. The largest absolute Gasteiger partial charge is 0.493 e. The topological polar surface area (TPSA) is 95.5 Å². The highest BCUT2D eigenvalue weighted by Crippen LogP contribution is 2.39. The minimum atomic E-state index is -1.15. The fourth-order valence-corrected chi connectivity index (χ4v) is 4.51. The number of carbonyl (C=O) groups excluding carboxylic acids is 3. The number of benzene rings is 1. The number of pyridine rings is 1. The lowest BCUT2D eigenvalue weighted by Crippen LogP contribution is -2.46. The molecular formula is C30H43N5O5. The Labute approximate surface area is 237 Å². The summed E-state index contributed by atoms with van der Waals surface area (Å²) in [5.74, 6) is 0.121. The number of aromatic nitrogens is 1. The molecule has 0 bridgehead atoms. The first-order valence-corrected chi connectivity index (χ1v) is 13.6. The van der Waals surface area contributed by atoms with Gasteiger partial charge in [0.25, 0.3) is 0 Å². The lowest BCUT2D eigenvalue weighted by Gasteiger charge is -2.28. The van der Waals surface area contributed by atoms with Gasteiger partial charge in [-0.1, -0.05) is 0 Å². The van der Waals surface area contributed by atoms with Gasteiger partial charge in [-0.3, -0.25) is 19.5 Å². The molecule has 0 saturated carbocycles. The van der Waals surface area contributed by atoms with E-state index in [2.05, 4.69) is 9.88 Å². The summed E-state index contributed by atoms with van der Waals surface area (Å²) in [6.07, 6.45) is 3.95. The van der Waals surface area contributed by atoms with Crippen molar-refractivity contribution in [2.45, 2.75) is 53.2 Å². The second kappa shape index (κ2) is 12.7. The molecule has 0 unspecified atom stereocenters. The summed E-state index contributed by atoms with van der Waals surface area (Å²) in [7, 11) is 5.12. The Kier molecular flexibility index (Phi) is 9.78. The zero-order chi connectivity index (χ0) is 29.7. The summed E-state index contributed by atoms with van der Waals surface area (Å²) in [5, 5.41) is 0. The molecule has 0 spiro atoms. The van der Waals surface area contributed by atoms with E-state index in [-0.39, 0.29) is 17.9 Å². The van der Waals surface area contributed by atoms with Crippen molar-refractivity contribution in [2.24, 2.45) is 5.41 Å². The summed E-state index contributed by atoms with van der Waals surface area (Å²) in [6.45, 7) is 12.0. The standard InChI is InChI=1S/C30H43N5O5/c1-29(2,3)40-28(38)32(6)17-18-35(21-22-12-14-31-15-13-22)16-9-19-39-23-10-11-24-25(20-23)34(8)27(37)30(4,5)26(36)33(24)7/h10-15,20H,9,16-19,21H2,1-8H3. The van der Waals surface area contributed by atoms with Gasteiger partial charge in [-0.15, -0.1) is 0 Å². The van der Waals surface area contributed by atoms with E-state index in [9.17, 15) is 14.4 Å². The number of fused-ring (bicyclic) bond motifs is 1. The van der Waals surface area contributed by atoms with Gasteiger partial charge >= 0.3 is 6.09 Å². The summed E-state index contributed by atoms with van der Waals surface area (Å²) in [6, 6.07) is 9.41. The number of likely N-dealkylation sites (N-methyl/N-ethyl adjacent to an activating group) is 1. The molecule has 2 aromatic rings. The van der Waals surface area contributed by atoms with Gasteiger partial charge in [0, 0.05) is 65.8 Å². The van der Waals surface area contributed by atoms with Crippen LogP contribution in [-0.4, -0.2) is 85.7 Å². The minimum Gasteiger partial charge on any atom is -0.493 e. The first-order valence-electron chi connectivity index (χ1n) is 13.6. The number of hydrogen-bond donors (Lipinski definition) is 0. The molecule has 0 saturated heterocycles. The lowest BCUT2D eigenvalue weighted by molar-refractivity contribution is -0.137. The van der Waals surface area contributed by atoms with Crippen LogP contribution in [0.4, 0.5) is 16.2 Å². The van der Waals surface area contributed by atoms with Crippen molar-refractivity contribution in [3.05, 3.63) is 48.3 Å². The van der Waals surface area contributed by atoms with Gasteiger partial charge in [-0.25, -0.2) is 4.79 Å². The van der Waals surface area contributed by atoms with Crippen molar-refractivity contribution in [1.29, 1.82) is 0 Å². The second-order valence-corrected chi connectivity index (χ2v) is 11.7. The molecule has 0 aliphatic carbocycles. The Balaban J connectivity index is 1.62. The van der Waals surface area contributed by atoms with E-state index >= 15 is 0 Å². The van der Waals surface area contributed by atoms with E-state index in [0.29, 0.717) is 43.4 Å². The number of anilines is 2. The molecule has 3 rings (SSSR count). The number of carbonyl (C=O) groups is 3. The van der Waals surface area contributed by atoms with Gasteiger partial charge < -0.3 is 24.2 Å². The monoisotopic (exact) mass is 553 g/mol. The summed E-state index contributed by atoms with van der Waals surface area (Å²) < 4.78 is 11.5. The Hall–Kier alpha value is -3.66. The SMILES string of the molecule is CN(CCN(CCCOc1ccc2c(c1)N(C)C(=O)C(C)(C)C(=O)N2C)Cc1ccncc1)C(=O)OC(C)(C)C. The molecule has 2 heterocycles. The summed E-state index contributed by atoms with van der Waals surface area (Å²) >= 11 is 0. The van der Waals surface area contributed by atoms with Gasteiger partial charge in [0.2, 0.25) is 11.8 Å². The molecule has 3 amide bonds. The third-order valence-corrected chi connectivity index (χ3v) is 6.85. The maximum atomic E-state index is 13.0. The zero-order valence-electron chi connectivity index (χ0n) is 25.1. The predicted molar refractivity (Wildman–Crippen MR) is 156 cm³/mol. The number of hydrogen-bond acceptors (Lipinski definition) is 7. The Morgan fingerprint density at radius 2 is 1.57 bits per heavy atom. The van der Waals surface area contributed by atoms with E-state index in [4.69, 9.17) is 9.47 Å². The average molecular weight is 554 g/mol. The molecule has 0 atom stereocenters. The molecule has 1 aromatic carbocycles. The van der Waals surface area contributed by atoms with Crippen molar-refractivity contribution < 1.29 is 23.9 Å². The van der Waals surface area contributed by atoms with Gasteiger partial charge in [0.15, 0.2) is 0 Å². The van der Waals surface area contributed by atoms with Crippen LogP contribution in [0.1, 0.15) is 46.6 Å². The number of rotatable bonds is 10. The van der Waals surface area contributed by atoms with E-state index in [1.165, 1.54) is 9.80 Å². The number of nitrogens with zero attached hydrogens (tertiary/aromatic N) is 5. The molecule has 0 fully saturated rings. The number of amides is 3. The van der Waals surface area contributed by atoms with E-state index in [0.717, 1.165) is 18.5 Å². The van der Waals surface area contributed by atoms with Crippen LogP contribution < -0.4 is 14.5 Å². The molecule has 218 valence electrons. The van der Waals surface area contributed by atoms with Gasteiger partial charge in [-0.2, -0.15) is 0 Å². The quantitative estimate of drug-likeness (QED) is 0.322. The third-order valence-electron chi connectivity index (χ3n) is 6.85. The van der Waals surface area contributed by atoms with Crippen molar-refractivity contribution in [3.8, 4) is 5.75 Å². The molecule has 10 heteroatoms. The van der Waals surface area contributed by atoms with E-state index in [1.807, 2.05) is 51.1 Å². The Morgan fingerprint density at radius 1 is 0.950 bits per heavy atom. The summed E-state index contributed by atoms with van der Waals surface area (Å²) in [5.41, 5.74) is 0.735. The van der Waals surface area contributed by atoms with Crippen LogP contribution in [0.15, 0.2) is 42.7 Å². The summed E-state index contributed by atoms with van der Waals surface area (Å²) in [4.78, 5) is 49.3. The maximum Gasteiger partial charge on any atom is 0.410 e. The van der Waals surface area contributed by atoms with Gasteiger partial charge in [-0.05, 0) is 70.9 Å². The van der Waals surface area contributed by atoms with Crippen molar-refractivity contribution in [2.75, 3.05) is 57.2 Å². The molecule has 1 aliphatic heterocycles. The highest BCUT2D eigenvalue weighted by Gasteiger charge is 2.44. The Bertz CT molecular complexity index is 1190. The van der Waals surface area contributed by atoms with Crippen LogP contribution >= 0.6 is 0 Å². The smallest absolute Gasteiger partial charge is 0.410 e. The van der Waals surface area contributed by atoms with Gasteiger partial charge in [0.1, 0.15) is 16.8 Å². The highest BCUT2D eigenvalue weighted by atomic mass is 16.6. The van der Waals surface area contributed by atoms with Crippen LogP contribution in [0.2, 0.25) is 0 Å².